The molecule has 0 spiro atoms. The first-order valence-corrected chi connectivity index (χ1v) is 13.6. The summed E-state index contributed by atoms with van der Waals surface area (Å²) in [7, 11) is -1.38. The second-order valence-electron chi connectivity index (χ2n) is 8.92. The SMILES string of the molecule is CC1=NCCc2c(I)cccc21.CC1=NCCc2c1cccc2-c1ccncc1.OB(O)c1ccncc1. The molecule has 2 aliphatic rings. The maximum absolute atomic E-state index is 8.55. The highest BCUT2D eigenvalue weighted by atomic mass is 127. The molecule has 0 atom stereocenters. The van der Waals surface area contributed by atoms with Gasteiger partial charge in [0.25, 0.3) is 0 Å². The van der Waals surface area contributed by atoms with E-state index in [4.69, 9.17) is 10.0 Å². The van der Waals surface area contributed by atoms with Gasteiger partial charge in [0, 0.05) is 52.9 Å². The molecule has 2 aromatic heterocycles. The number of fused-ring (bicyclic) bond motifs is 2. The maximum atomic E-state index is 8.55. The van der Waals surface area contributed by atoms with E-state index in [1.54, 1.807) is 12.1 Å². The Morgan fingerprint density at radius 2 is 1.16 bits per heavy atom. The summed E-state index contributed by atoms with van der Waals surface area (Å²) in [5.41, 5.74) is 10.9. The molecule has 0 saturated carbocycles. The molecular weight excluding hydrogens is 586 g/mol. The topological polar surface area (TPSA) is 91.0 Å². The van der Waals surface area contributed by atoms with Gasteiger partial charge in [-0.05, 0) is 118 Å². The zero-order valence-electron chi connectivity index (χ0n) is 21.5. The Morgan fingerprint density at radius 1 is 0.658 bits per heavy atom. The number of aromatic nitrogens is 2. The fourth-order valence-electron chi connectivity index (χ4n) is 4.53. The fourth-order valence-corrected chi connectivity index (χ4v) is 5.29. The van der Waals surface area contributed by atoms with E-state index in [-0.39, 0.29) is 0 Å². The Bertz CT molecular complexity index is 1430. The third-order valence-electron chi connectivity index (χ3n) is 6.49. The van der Waals surface area contributed by atoms with Gasteiger partial charge >= 0.3 is 7.12 Å². The summed E-state index contributed by atoms with van der Waals surface area (Å²) in [6, 6.07) is 20.1. The van der Waals surface area contributed by atoms with Gasteiger partial charge in [0.2, 0.25) is 0 Å². The van der Waals surface area contributed by atoms with E-state index in [0.717, 1.165) is 31.6 Å². The minimum atomic E-state index is -1.38. The molecule has 0 bridgehead atoms. The Morgan fingerprint density at radius 3 is 1.71 bits per heavy atom. The van der Waals surface area contributed by atoms with Gasteiger partial charge in [-0.15, -0.1) is 0 Å². The molecule has 38 heavy (non-hydrogen) atoms. The fraction of sp³-hybridized carbons (Fsp3) is 0.200. The van der Waals surface area contributed by atoms with Crippen molar-refractivity contribution in [1.29, 1.82) is 0 Å². The smallest absolute Gasteiger partial charge is 0.423 e. The average molecular weight is 616 g/mol. The van der Waals surface area contributed by atoms with E-state index < -0.39 is 7.12 Å². The second kappa shape index (κ2) is 13.5. The van der Waals surface area contributed by atoms with E-state index in [0.29, 0.717) is 5.46 Å². The van der Waals surface area contributed by atoms with Crippen LogP contribution in [0.15, 0.2) is 95.4 Å². The molecule has 0 unspecified atom stereocenters. The quantitative estimate of drug-likeness (QED) is 0.256. The number of pyridine rings is 2. The number of benzene rings is 2. The Hall–Kier alpha value is -3.21. The van der Waals surface area contributed by atoms with Gasteiger partial charge in [0.1, 0.15) is 0 Å². The van der Waals surface area contributed by atoms with Crippen molar-refractivity contribution in [3.05, 3.63) is 111 Å². The second-order valence-corrected chi connectivity index (χ2v) is 10.1. The third-order valence-corrected chi connectivity index (χ3v) is 7.50. The molecule has 2 aromatic carbocycles. The molecule has 2 aliphatic heterocycles. The molecule has 0 fully saturated rings. The summed E-state index contributed by atoms with van der Waals surface area (Å²) in [6.45, 7) is 6.04. The molecule has 0 amide bonds. The minimum absolute atomic E-state index is 0.463. The predicted molar refractivity (Wildman–Crippen MR) is 164 cm³/mol. The lowest BCUT2D eigenvalue weighted by molar-refractivity contribution is 0.425. The highest BCUT2D eigenvalue weighted by molar-refractivity contribution is 14.1. The summed E-state index contributed by atoms with van der Waals surface area (Å²) >= 11 is 2.40. The van der Waals surface area contributed by atoms with Crippen molar-refractivity contribution in [1.82, 2.24) is 9.97 Å². The van der Waals surface area contributed by atoms with Gasteiger partial charge < -0.3 is 10.0 Å². The van der Waals surface area contributed by atoms with E-state index in [9.17, 15) is 0 Å². The largest absolute Gasteiger partial charge is 0.488 e. The van der Waals surface area contributed by atoms with Crippen molar-refractivity contribution in [2.75, 3.05) is 13.1 Å². The summed E-state index contributed by atoms with van der Waals surface area (Å²) in [6.07, 6.45) is 8.84. The molecule has 6 rings (SSSR count). The first-order chi connectivity index (χ1) is 18.5. The summed E-state index contributed by atoms with van der Waals surface area (Å²) in [4.78, 5) is 16.7. The van der Waals surface area contributed by atoms with Crippen LogP contribution in [0.4, 0.5) is 0 Å². The standard InChI is InChI=1S/C15H14N2.C10H10IN.C5H6BNO2/c1-11-13-3-2-4-14(15(13)7-10-17-11)12-5-8-16-9-6-12;1-7-8-3-2-4-10(11)9(8)5-6-12-7;8-6(9)5-1-3-7-4-2-5/h2-6,8-9H,7,10H2,1H3;2-4H,5-6H2,1H3;1-4,8-9H. The summed E-state index contributed by atoms with van der Waals surface area (Å²) in [5, 5.41) is 17.1. The van der Waals surface area contributed by atoms with Gasteiger partial charge in [-0.3, -0.25) is 20.0 Å². The Kier molecular flexibility index (Phi) is 9.92. The zero-order chi connectivity index (χ0) is 26.9. The highest BCUT2D eigenvalue weighted by Gasteiger charge is 2.15. The van der Waals surface area contributed by atoms with Crippen molar-refractivity contribution in [2.24, 2.45) is 9.98 Å². The number of hydrogen-bond donors (Lipinski definition) is 2. The maximum Gasteiger partial charge on any atom is 0.488 e. The number of halogens is 1. The van der Waals surface area contributed by atoms with E-state index in [1.165, 1.54) is 55.1 Å². The monoisotopic (exact) mass is 616 g/mol. The van der Waals surface area contributed by atoms with E-state index in [2.05, 4.69) is 105 Å². The van der Waals surface area contributed by atoms with Crippen LogP contribution in [-0.4, -0.2) is 51.6 Å². The normalized spacial score (nSPS) is 13.3. The summed E-state index contributed by atoms with van der Waals surface area (Å²) in [5.74, 6) is 0. The van der Waals surface area contributed by atoms with Crippen LogP contribution in [0, 0.1) is 3.57 Å². The predicted octanol–water partition coefficient (Wildman–Crippen LogP) is 4.53. The number of rotatable bonds is 2. The highest BCUT2D eigenvalue weighted by Crippen LogP contribution is 2.28. The van der Waals surface area contributed by atoms with Crippen LogP contribution in [0.25, 0.3) is 11.1 Å². The zero-order valence-corrected chi connectivity index (χ0v) is 23.7. The van der Waals surface area contributed by atoms with Crippen LogP contribution in [-0.2, 0) is 12.8 Å². The third kappa shape index (κ3) is 7.01. The molecule has 6 nitrogen and oxygen atoms in total. The number of aliphatic imine (C=N–C) groups is 2. The molecule has 0 aliphatic carbocycles. The van der Waals surface area contributed by atoms with Crippen LogP contribution in [0.2, 0.25) is 0 Å². The molecule has 0 radical (unpaired) electrons. The number of hydrogen-bond acceptors (Lipinski definition) is 6. The van der Waals surface area contributed by atoms with Crippen LogP contribution >= 0.6 is 22.6 Å². The van der Waals surface area contributed by atoms with Crippen molar-refractivity contribution in [2.45, 2.75) is 26.7 Å². The van der Waals surface area contributed by atoms with Gasteiger partial charge in [-0.25, -0.2) is 0 Å². The lowest BCUT2D eigenvalue weighted by Crippen LogP contribution is -2.29. The minimum Gasteiger partial charge on any atom is -0.423 e. The van der Waals surface area contributed by atoms with Crippen molar-refractivity contribution in [3.63, 3.8) is 0 Å². The van der Waals surface area contributed by atoms with Crippen LogP contribution in [0.3, 0.4) is 0 Å². The average Bonchev–Trinajstić information content (AvgIpc) is 2.95. The molecule has 4 heterocycles. The number of nitrogens with zero attached hydrogens (tertiary/aromatic N) is 4. The molecule has 8 heteroatoms. The molecule has 192 valence electrons. The van der Waals surface area contributed by atoms with Crippen LogP contribution in [0.5, 0.6) is 0 Å². The first-order valence-electron chi connectivity index (χ1n) is 12.5. The van der Waals surface area contributed by atoms with Gasteiger partial charge in [-0.1, -0.05) is 30.3 Å². The van der Waals surface area contributed by atoms with Gasteiger partial charge in [0.05, 0.1) is 0 Å². The lowest BCUT2D eigenvalue weighted by atomic mass is 9.81. The van der Waals surface area contributed by atoms with Crippen molar-refractivity contribution in [3.8, 4) is 11.1 Å². The van der Waals surface area contributed by atoms with Crippen molar-refractivity contribution < 1.29 is 10.0 Å². The van der Waals surface area contributed by atoms with Gasteiger partial charge in [-0.2, -0.15) is 0 Å². The molecule has 2 N–H and O–H groups in total. The lowest BCUT2D eigenvalue weighted by Gasteiger charge is -2.18. The summed E-state index contributed by atoms with van der Waals surface area (Å²) < 4.78 is 1.37. The van der Waals surface area contributed by atoms with E-state index in [1.807, 2.05) is 12.4 Å². The van der Waals surface area contributed by atoms with Gasteiger partial charge in [0.15, 0.2) is 0 Å². The molecule has 0 saturated heterocycles. The first kappa shape index (κ1) is 27.8. The van der Waals surface area contributed by atoms with E-state index >= 15 is 0 Å². The Labute approximate surface area is 237 Å². The van der Waals surface area contributed by atoms with Crippen LogP contribution < -0.4 is 5.46 Å². The molecular formula is C30H30BIN4O2. The van der Waals surface area contributed by atoms with Crippen molar-refractivity contribution >= 4 is 46.6 Å². The van der Waals surface area contributed by atoms with Crippen LogP contribution in [0.1, 0.15) is 36.1 Å². The Balaban J connectivity index is 0.000000141. The molecule has 4 aromatic rings.